The summed E-state index contributed by atoms with van der Waals surface area (Å²) in [6.07, 6.45) is 6.19. The average Bonchev–Trinajstić information content (AvgIpc) is 2.16. The second-order valence-electron chi connectivity index (χ2n) is 2.83. The van der Waals surface area contributed by atoms with Crippen LogP contribution in [0.4, 0.5) is 0 Å². The zero-order chi connectivity index (χ0) is 10.8. The second-order valence-corrected chi connectivity index (χ2v) is 3.55. The molecule has 0 aliphatic heterocycles. The minimum absolute atomic E-state index is 0.524. The maximum Gasteiger partial charge on any atom is 0.309 e. The van der Waals surface area contributed by atoms with Gasteiger partial charge in [0.1, 0.15) is 0 Å². The Balaban J connectivity index is 3.21. The number of unbranched alkanes of at least 4 members (excludes halogenated alkanes) is 3. The highest BCUT2D eigenvalue weighted by Crippen LogP contribution is 2.00. The van der Waals surface area contributed by atoms with E-state index in [9.17, 15) is 9.59 Å². The number of carbonyl (C=O) groups is 2. The van der Waals surface area contributed by atoms with E-state index in [-0.39, 0.29) is 0 Å². The molecule has 0 aromatic rings. The van der Waals surface area contributed by atoms with Gasteiger partial charge in [-0.25, -0.2) is 0 Å². The Kier molecular flexibility index (Phi) is 8.61. The van der Waals surface area contributed by atoms with Crippen LogP contribution in [0, 0.1) is 0 Å². The van der Waals surface area contributed by atoms with Gasteiger partial charge in [-0.05, 0) is 23.3 Å². The molecule has 0 unspecified atom stereocenters. The molecule has 2 amide bonds. The summed E-state index contributed by atoms with van der Waals surface area (Å²) in [5.74, 6) is -1.62. The van der Waals surface area contributed by atoms with Crippen LogP contribution < -0.4 is 11.1 Å². The Morgan fingerprint density at radius 3 is 2.57 bits per heavy atom. The van der Waals surface area contributed by atoms with Gasteiger partial charge in [-0.2, -0.15) is 0 Å². The van der Waals surface area contributed by atoms with Gasteiger partial charge in [0.2, 0.25) is 0 Å². The summed E-state index contributed by atoms with van der Waals surface area (Å²) in [7, 11) is 0. The van der Waals surface area contributed by atoms with Crippen molar-refractivity contribution in [1.29, 1.82) is 0 Å². The predicted molar refractivity (Wildman–Crippen MR) is 63.8 cm³/mol. The Labute approximate surface area is 97.4 Å². The Morgan fingerprint density at radius 2 is 2.00 bits per heavy atom. The van der Waals surface area contributed by atoms with Crippen molar-refractivity contribution in [3.8, 4) is 0 Å². The number of rotatable bonds is 6. The molecular weight excluding hydrogens is 295 g/mol. The van der Waals surface area contributed by atoms with Crippen molar-refractivity contribution in [2.75, 3.05) is 6.54 Å². The lowest BCUT2D eigenvalue weighted by molar-refractivity contribution is -0.137. The lowest BCUT2D eigenvalue weighted by atomic mass is 10.2. The minimum Gasteiger partial charge on any atom is -0.361 e. The monoisotopic (exact) mass is 310 g/mol. The molecule has 0 bridgehead atoms. The van der Waals surface area contributed by atoms with Gasteiger partial charge in [-0.3, -0.25) is 9.59 Å². The van der Waals surface area contributed by atoms with Crippen LogP contribution in [0.15, 0.2) is 10.2 Å². The summed E-state index contributed by atoms with van der Waals surface area (Å²) >= 11 is 2.18. The molecule has 0 spiro atoms. The summed E-state index contributed by atoms with van der Waals surface area (Å²) in [5.41, 5.74) is 4.76. The van der Waals surface area contributed by atoms with E-state index in [2.05, 4.69) is 34.0 Å². The van der Waals surface area contributed by atoms with Gasteiger partial charge in [-0.15, -0.1) is 0 Å². The zero-order valence-corrected chi connectivity index (χ0v) is 10.1. The summed E-state index contributed by atoms with van der Waals surface area (Å²) in [4.78, 5) is 21.0. The number of nitrogens with one attached hydrogen (secondary N) is 1. The molecule has 4 nitrogen and oxygen atoms in total. The fourth-order valence-electron chi connectivity index (χ4n) is 0.916. The molecule has 0 aromatic heterocycles. The van der Waals surface area contributed by atoms with Crippen LogP contribution >= 0.6 is 22.6 Å². The lowest BCUT2D eigenvalue weighted by Crippen LogP contribution is -2.36. The Morgan fingerprint density at radius 1 is 1.29 bits per heavy atom. The molecule has 0 fully saturated rings. The fourth-order valence-corrected chi connectivity index (χ4v) is 1.28. The van der Waals surface area contributed by atoms with Crippen molar-refractivity contribution in [2.45, 2.75) is 25.7 Å². The first-order chi connectivity index (χ1) is 6.68. The maximum absolute atomic E-state index is 10.7. The molecular formula is C9H15IN2O2. The lowest BCUT2D eigenvalue weighted by Gasteiger charge is -2.01. The summed E-state index contributed by atoms with van der Waals surface area (Å²) in [6, 6.07) is 0. The number of allylic oxidation sites excluding steroid dienone is 1. The van der Waals surface area contributed by atoms with Gasteiger partial charge in [0.25, 0.3) is 0 Å². The van der Waals surface area contributed by atoms with Crippen molar-refractivity contribution in [3.05, 3.63) is 10.2 Å². The molecule has 3 N–H and O–H groups in total. The third kappa shape index (κ3) is 8.03. The van der Waals surface area contributed by atoms with Crippen LogP contribution in [0.3, 0.4) is 0 Å². The molecule has 0 heterocycles. The van der Waals surface area contributed by atoms with Crippen molar-refractivity contribution in [3.63, 3.8) is 0 Å². The third-order valence-electron chi connectivity index (χ3n) is 1.65. The standard InChI is InChI=1S/C9H15IN2O2/c10-6-4-2-1-3-5-7-12-9(14)8(11)13/h4,6H,1-3,5,7H2,(H2,11,13)(H,12,14)/b6-4-. The smallest absolute Gasteiger partial charge is 0.309 e. The van der Waals surface area contributed by atoms with Gasteiger partial charge >= 0.3 is 11.8 Å². The topological polar surface area (TPSA) is 72.2 Å². The van der Waals surface area contributed by atoms with E-state index in [1.807, 2.05) is 4.08 Å². The molecule has 80 valence electrons. The molecule has 0 atom stereocenters. The zero-order valence-electron chi connectivity index (χ0n) is 7.96. The van der Waals surface area contributed by atoms with Crippen LogP contribution in [0.25, 0.3) is 0 Å². The highest BCUT2D eigenvalue weighted by Gasteiger charge is 2.05. The summed E-state index contributed by atoms with van der Waals surface area (Å²) in [6.45, 7) is 0.524. The molecule has 0 saturated heterocycles. The first kappa shape index (κ1) is 13.4. The van der Waals surface area contributed by atoms with E-state index in [1.165, 1.54) is 0 Å². The van der Waals surface area contributed by atoms with E-state index < -0.39 is 11.8 Å². The number of hydrogen-bond acceptors (Lipinski definition) is 2. The van der Waals surface area contributed by atoms with E-state index in [0.717, 1.165) is 25.7 Å². The normalized spacial score (nSPS) is 10.4. The van der Waals surface area contributed by atoms with Crippen molar-refractivity contribution in [2.24, 2.45) is 5.73 Å². The van der Waals surface area contributed by atoms with E-state index >= 15 is 0 Å². The summed E-state index contributed by atoms with van der Waals surface area (Å²) < 4.78 is 1.99. The molecule has 0 aliphatic carbocycles. The highest BCUT2D eigenvalue weighted by molar-refractivity contribution is 14.1. The minimum atomic E-state index is -0.919. The Bertz CT molecular complexity index is 217. The molecule has 0 saturated carbocycles. The SMILES string of the molecule is NC(=O)C(=O)NCCCCC/C=C\I. The van der Waals surface area contributed by atoms with Crippen molar-refractivity contribution >= 4 is 34.4 Å². The number of hydrogen-bond donors (Lipinski definition) is 2. The number of nitrogens with two attached hydrogens (primary N) is 1. The van der Waals surface area contributed by atoms with Crippen LogP contribution in [-0.2, 0) is 9.59 Å². The van der Waals surface area contributed by atoms with Crippen molar-refractivity contribution < 1.29 is 9.59 Å². The number of amides is 2. The van der Waals surface area contributed by atoms with Gasteiger partial charge in [-0.1, -0.05) is 35.1 Å². The predicted octanol–water partition coefficient (Wildman–Crippen LogP) is 1.10. The van der Waals surface area contributed by atoms with E-state index in [1.54, 1.807) is 0 Å². The van der Waals surface area contributed by atoms with Gasteiger partial charge in [0, 0.05) is 6.54 Å². The van der Waals surface area contributed by atoms with E-state index in [4.69, 9.17) is 5.73 Å². The van der Waals surface area contributed by atoms with Crippen molar-refractivity contribution in [1.82, 2.24) is 5.32 Å². The number of carbonyl (C=O) groups excluding carboxylic acids is 2. The Hall–Kier alpha value is -0.590. The summed E-state index contributed by atoms with van der Waals surface area (Å²) in [5, 5.41) is 2.44. The molecule has 14 heavy (non-hydrogen) atoms. The second kappa shape index (κ2) is 8.98. The van der Waals surface area contributed by atoms with Gasteiger partial charge in [0.05, 0.1) is 0 Å². The van der Waals surface area contributed by atoms with Crippen LogP contribution in [0.5, 0.6) is 0 Å². The average molecular weight is 310 g/mol. The van der Waals surface area contributed by atoms with Crippen LogP contribution in [0.2, 0.25) is 0 Å². The van der Waals surface area contributed by atoms with E-state index in [0.29, 0.717) is 6.54 Å². The van der Waals surface area contributed by atoms with Gasteiger partial charge in [0.15, 0.2) is 0 Å². The van der Waals surface area contributed by atoms with Gasteiger partial charge < -0.3 is 11.1 Å². The number of primary amides is 1. The van der Waals surface area contributed by atoms with Crippen LogP contribution in [0.1, 0.15) is 25.7 Å². The molecule has 0 rings (SSSR count). The number of halogens is 1. The van der Waals surface area contributed by atoms with Crippen LogP contribution in [-0.4, -0.2) is 18.4 Å². The maximum atomic E-state index is 10.7. The third-order valence-corrected chi connectivity index (χ3v) is 2.15. The first-order valence-electron chi connectivity index (χ1n) is 4.51. The molecule has 5 heteroatoms. The quantitative estimate of drug-likeness (QED) is 0.438. The molecule has 0 radical (unpaired) electrons. The molecule has 0 aromatic carbocycles. The first-order valence-corrected chi connectivity index (χ1v) is 5.76. The largest absolute Gasteiger partial charge is 0.361 e. The molecule has 0 aliphatic rings. The highest BCUT2D eigenvalue weighted by atomic mass is 127. The fraction of sp³-hybridized carbons (Fsp3) is 0.556.